The largest absolute Gasteiger partial charge is 0.472 e. The van der Waals surface area contributed by atoms with Gasteiger partial charge in [0.05, 0.1) is 18.6 Å². The summed E-state index contributed by atoms with van der Waals surface area (Å²) in [5.74, 6) is 0. The van der Waals surface area contributed by atoms with E-state index < -0.39 is 0 Å². The highest BCUT2D eigenvalue weighted by Crippen LogP contribution is 2.37. The standard InChI is InChI=1S/C16H30N2O/c1-6-16(7-2,18(9-4)10-5)15(17-8-3)14-11-12-19-13-14/h11-13,15,17H,6-10H2,1-5H3. The van der Waals surface area contributed by atoms with Gasteiger partial charge in [-0.3, -0.25) is 4.90 Å². The Kier molecular flexibility index (Phi) is 6.59. The summed E-state index contributed by atoms with van der Waals surface area (Å²) in [5.41, 5.74) is 1.42. The number of nitrogens with one attached hydrogen (secondary N) is 1. The van der Waals surface area contributed by atoms with Gasteiger partial charge in [0.15, 0.2) is 0 Å². The average Bonchev–Trinajstić information content (AvgIpc) is 2.96. The first kappa shape index (κ1) is 16.3. The first-order valence-corrected chi connectivity index (χ1v) is 7.70. The van der Waals surface area contributed by atoms with Crippen molar-refractivity contribution >= 4 is 0 Å². The smallest absolute Gasteiger partial charge is 0.0951 e. The van der Waals surface area contributed by atoms with Gasteiger partial charge in [0.1, 0.15) is 0 Å². The summed E-state index contributed by atoms with van der Waals surface area (Å²) in [6.45, 7) is 14.4. The van der Waals surface area contributed by atoms with Crippen LogP contribution in [-0.4, -0.2) is 30.1 Å². The van der Waals surface area contributed by atoms with E-state index in [0.717, 1.165) is 32.5 Å². The Balaban J connectivity index is 3.18. The molecule has 0 aromatic carbocycles. The van der Waals surface area contributed by atoms with Crippen LogP contribution in [0.5, 0.6) is 0 Å². The van der Waals surface area contributed by atoms with Crippen LogP contribution in [0.25, 0.3) is 0 Å². The van der Waals surface area contributed by atoms with Crippen molar-refractivity contribution in [3.05, 3.63) is 24.2 Å². The summed E-state index contributed by atoms with van der Waals surface area (Å²) >= 11 is 0. The summed E-state index contributed by atoms with van der Waals surface area (Å²) in [5, 5.41) is 3.68. The minimum atomic E-state index is 0.156. The van der Waals surface area contributed by atoms with Crippen molar-refractivity contribution in [1.82, 2.24) is 10.2 Å². The van der Waals surface area contributed by atoms with Gasteiger partial charge in [-0.1, -0.05) is 34.6 Å². The molecule has 1 aromatic rings. The van der Waals surface area contributed by atoms with E-state index in [1.807, 2.05) is 6.26 Å². The van der Waals surface area contributed by atoms with Crippen molar-refractivity contribution in [2.45, 2.75) is 59.0 Å². The highest BCUT2D eigenvalue weighted by molar-refractivity contribution is 5.19. The third kappa shape index (κ3) is 3.21. The molecule has 1 heterocycles. The highest BCUT2D eigenvalue weighted by Gasteiger charge is 2.40. The van der Waals surface area contributed by atoms with E-state index in [1.165, 1.54) is 5.56 Å². The predicted octanol–water partition coefficient (Wildman–Crippen LogP) is 3.83. The molecule has 0 saturated heterocycles. The Bertz CT molecular complexity index is 327. The quantitative estimate of drug-likeness (QED) is 0.736. The van der Waals surface area contributed by atoms with Crippen LogP contribution in [0.1, 0.15) is 59.1 Å². The molecule has 110 valence electrons. The molecule has 19 heavy (non-hydrogen) atoms. The van der Waals surface area contributed by atoms with Crippen molar-refractivity contribution in [3.8, 4) is 0 Å². The molecule has 1 rings (SSSR count). The van der Waals surface area contributed by atoms with Crippen molar-refractivity contribution in [2.75, 3.05) is 19.6 Å². The summed E-state index contributed by atoms with van der Waals surface area (Å²) < 4.78 is 5.31. The minimum Gasteiger partial charge on any atom is -0.472 e. The van der Waals surface area contributed by atoms with E-state index in [-0.39, 0.29) is 5.54 Å². The Labute approximate surface area is 118 Å². The molecule has 0 radical (unpaired) electrons. The first-order chi connectivity index (χ1) is 9.19. The van der Waals surface area contributed by atoms with E-state index in [0.29, 0.717) is 6.04 Å². The Morgan fingerprint density at radius 3 is 2.16 bits per heavy atom. The summed E-state index contributed by atoms with van der Waals surface area (Å²) in [4.78, 5) is 2.59. The molecule has 0 amide bonds. The fourth-order valence-electron chi connectivity index (χ4n) is 3.40. The molecule has 0 aliphatic heterocycles. The van der Waals surface area contributed by atoms with Gasteiger partial charge in [0.25, 0.3) is 0 Å². The molecule has 0 bridgehead atoms. The molecule has 1 N–H and O–H groups in total. The maximum Gasteiger partial charge on any atom is 0.0951 e. The van der Waals surface area contributed by atoms with Crippen molar-refractivity contribution in [2.24, 2.45) is 0 Å². The maximum atomic E-state index is 5.31. The highest BCUT2D eigenvalue weighted by atomic mass is 16.3. The van der Waals surface area contributed by atoms with Crippen molar-refractivity contribution in [1.29, 1.82) is 0 Å². The van der Waals surface area contributed by atoms with Crippen LogP contribution in [0, 0.1) is 0 Å². The topological polar surface area (TPSA) is 28.4 Å². The molecule has 1 atom stereocenters. The molecule has 1 unspecified atom stereocenters. The molecular formula is C16H30N2O. The zero-order chi connectivity index (χ0) is 14.3. The number of furan rings is 1. The molecule has 3 nitrogen and oxygen atoms in total. The SMILES string of the molecule is CCNC(c1ccoc1)C(CC)(CC)N(CC)CC. The molecule has 3 heteroatoms. The van der Waals surface area contributed by atoms with Crippen LogP contribution in [-0.2, 0) is 0 Å². The maximum absolute atomic E-state index is 5.31. The summed E-state index contributed by atoms with van der Waals surface area (Å²) in [6.07, 6.45) is 5.93. The molecule has 0 spiro atoms. The zero-order valence-corrected chi connectivity index (χ0v) is 13.2. The van der Waals surface area contributed by atoms with Gasteiger partial charge in [0, 0.05) is 11.1 Å². The van der Waals surface area contributed by atoms with E-state index in [9.17, 15) is 0 Å². The van der Waals surface area contributed by atoms with Gasteiger partial charge < -0.3 is 9.73 Å². The average molecular weight is 266 g/mol. The fraction of sp³-hybridized carbons (Fsp3) is 0.750. The van der Waals surface area contributed by atoms with Gasteiger partial charge in [-0.2, -0.15) is 0 Å². The van der Waals surface area contributed by atoms with Crippen LogP contribution >= 0.6 is 0 Å². The first-order valence-electron chi connectivity index (χ1n) is 7.70. The van der Waals surface area contributed by atoms with Gasteiger partial charge in [-0.05, 0) is 38.5 Å². The number of rotatable bonds is 9. The van der Waals surface area contributed by atoms with E-state index in [4.69, 9.17) is 4.42 Å². The third-order valence-corrected chi connectivity index (χ3v) is 4.44. The summed E-state index contributed by atoms with van der Waals surface area (Å²) in [6, 6.07) is 2.42. The Hall–Kier alpha value is -0.800. The van der Waals surface area contributed by atoms with Crippen LogP contribution in [0.15, 0.2) is 23.0 Å². The number of nitrogens with zero attached hydrogens (tertiary/aromatic N) is 1. The van der Waals surface area contributed by atoms with Gasteiger partial charge in [-0.15, -0.1) is 0 Å². The second kappa shape index (κ2) is 7.71. The van der Waals surface area contributed by atoms with E-state index >= 15 is 0 Å². The van der Waals surface area contributed by atoms with E-state index in [1.54, 1.807) is 6.26 Å². The Morgan fingerprint density at radius 2 is 1.79 bits per heavy atom. The normalized spacial score (nSPS) is 14.0. The van der Waals surface area contributed by atoms with Crippen LogP contribution in [0.3, 0.4) is 0 Å². The third-order valence-electron chi connectivity index (χ3n) is 4.44. The van der Waals surface area contributed by atoms with Gasteiger partial charge >= 0.3 is 0 Å². The lowest BCUT2D eigenvalue weighted by atomic mass is 9.79. The monoisotopic (exact) mass is 266 g/mol. The zero-order valence-electron chi connectivity index (χ0n) is 13.2. The lowest BCUT2D eigenvalue weighted by Gasteiger charge is -2.48. The molecular weight excluding hydrogens is 236 g/mol. The minimum absolute atomic E-state index is 0.156. The number of hydrogen-bond acceptors (Lipinski definition) is 3. The molecule has 0 fully saturated rings. The van der Waals surface area contributed by atoms with Crippen LogP contribution < -0.4 is 5.32 Å². The Morgan fingerprint density at radius 1 is 1.16 bits per heavy atom. The number of hydrogen-bond donors (Lipinski definition) is 1. The molecule has 0 saturated carbocycles. The molecule has 0 aliphatic rings. The van der Waals surface area contributed by atoms with Crippen LogP contribution in [0.4, 0.5) is 0 Å². The molecule has 1 aromatic heterocycles. The van der Waals surface area contributed by atoms with Crippen LogP contribution in [0.2, 0.25) is 0 Å². The lowest BCUT2D eigenvalue weighted by molar-refractivity contribution is 0.0491. The second-order valence-electron chi connectivity index (χ2n) is 5.03. The fourth-order valence-corrected chi connectivity index (χ4v) is 3.40. The van der Waals surface area contributed by atoms with Crippen molar-refractivity contribution < 1.29 is 4.42 Å². The van der Waals surface area contributed by atoms with E-state index in [2.05, 4.69) is 50.9 Å². The second-order valence-corrected chi connectivity index (χ2v) is 5.03. The lowest BCUT2D eigenvalue weighted by Crippen LogP contribution is -2.56. The molecule has 0 aliphatic carbocycles. The predicted molar refractivity (Wildman–Crippen MR) is 81.4 cm³/mol. The van der Waals surface area contributed by atoms with Gasteiger partial charge in [0.2, 0.25) is 0 Å². The summed E-state index contributed by atoms with van der Waals surface area (Å²) in [7, 11) is 0. The number of likely N-dealkylation sites (N-methyl/N-ethyl adjacent to an activating group) is 2. The van der Waals surface area contributed by atoms with Gasteiger partial charge in [-0.25, -0.2) is 0 Å². The van der Waals surface area contributed by atoms with Crippen molar-refractivity contribution in [3.63, 3.8) is 0 Å².